The van der Waals surface area contributed by atoms with E-state index >= 15 is 0 Å². The van der Waals surface area contributed by atoms with Crippen molar-refractivity contribution in [1.82, 2.24) is 15.3 Å². The Morgan fingerprint density at radius 1 is 1.29 bits per heavy atom. The Kier molecular flexibility index (Phi) is 4.12. The molecular formula is C19H21BrN4. The van der Waals surface area contributed by atoms with Crippen molar-refractivity contribution < 1.29 is 0 Å². The summed E-state index contributed by atoms with van der Waals surface area (Å²) in [5, 5.41) is 12.0. The molecule has 2 fully saturated rings. The predicted molar refractivity (Wildman–Crippen MR) is 101 cm³/mol. The van der Waals surface area contributed by atoms with E-state index in [0.29, 0.717) is 17.7 Å². The maximum atomic E-state index is 8.52. The second-order valence-corrected chi connectivity index (χ2v) is 7.99. The van der Waals surface area contributed by atoms with Crippen LogP contribution in [0.25, 0.3) is 16.6 Å². The fraction of sp³-hybridized carbons (Fsp3) is 0.421. The molecule has 0 unspecified atom stereocenters. The first-order valence-corrected chi connectivity index (χ1v) is 9.37. The minimum Gasteiger partial charge on any atom is -0.388 e. The quantitative estimate of drug-likeness (QED) is 0.743. The number of fused-ring (bicyclic) bond motifs is 1. The highest BCUT2D eigenvalue weighted by Gasteiger charge is 2.30. The number of nitrogens with zero attached hydrogens (tertiary/aromatic N) is 2. The number of nitrogens with one attached hydrogen (secondary N) is 2. The van der Waals surface area contributed by atoms with E-state index < -0.39 is 0 Å². The molecule has 1 heterocycles. The number of hydrogen-bond acceptors (Lipinski definition) is 4. The van der Waals surface area contributed by atoms with Gasteiger partial charge in [0.05, 0.1) is 22.9 Å². The minimum absolute atomic E-state index is 0.390. The molecule has 1 aromatic heterocycles. The highest BCUT2D eigenvalue weighted by molar-refractivity contribution is 9.10. The van der Waals surface area contributed by atoms with Crippen molar-refractivity contribution in [1.29, 1.82) is 5.41 Å². The largest absolute Gasteiger partial charge is 0.388 e. The maximum Gasteiger partial charge on any atom is 0.0925 e. The Labute approximate surface area is 150 Å². The Balaban J connectivity index is 1.65. The zero-order valence-electron chi connectivity index (χ0n) is 13.7. The predicted octanol–water partition coefficient (Wildman–Crippen LogP) is 4.55. The highest BCUT2D eigenvalue weighted by atomic mass is 79.9. The summed E-state index contributed by atoms with van der Waals surface area (Å²) in [5.41, 5.74) is 4.12. The van der Waals surface area contributed by atoms with E-state index in [-0.39, 0.29) is 0 Å². The lowest BCUT2D eigenvalue weighted by Gasteiger charge is -2.33. The first-order valence-electron chi connectivity index (χ1n) is 8.58. The van der Waals surface area contributed by atoms with Crippen LogP contribution in [0, 0.1) is 17.2 Å². The van der Waals surface area contributed by atoms with Crippen molar-refractivity contribution in [2.75, 3.05) is 0 Å². The molecular weight excluding hydrogens is 364 g/mol. The van der Waals surface area contributed by atoms with Gasteiger partial charge in [-0.15, -0.1) is 0 Å². The SMILES string of the molecule is CC1CC(N/C=C(\C(=N)C2CC2)c2cnc3cc(Br)ccc3n2)C1. The van der Waals surface area contributed by atoms with Gasteiger partial charge >= 0.3 is 0 Å². The zero-order valence-corrected chi connectivity index (χ0v) is 15.3. The van der Waals surface area contributed by atoms with Gasteiger partial charge in [-0.1, -0.05) is 22.9 Å². The van der Waals surface area contributed by atoms with Crippen molar-refractivity contribution in [3.8, 4) is 0 Å². The van der Waals surface area contributed by atoms with Crippen LogP contribution in [-0.2, 0) is 0 Å². The van der Waals surface area contributed by atoms with E-state index in [0.717, 1.165) is 45.5 Å². The summed E-state index contributed by atoms with van der Waals surface area (Å²) in [5.74, 6) is 1.20. The molecule has 4 nitrogen and oxygen atoms in total. The number of hydrogen-bond donors (Lipinski definition) is 2. The molecule has 0 aliphatic heterocycles. The lowest BCUT2D eigenvalue weighted by atomic mass is 9.82. The van der Waals surface area contributed by atoms with Crippen LogP contribution in [0.2, 0.25) is 0 Å². The van der Waals surface area contributed by atoms with Crippen LogP contribution >= 0.6 is 15.9 Å². The second kappa shape index (κ2) is 6.28. The van der Waals surface area contributed by atoms with Crippen molar-refractivity contribution in [2.24, 2.45) is 11.8 Å². The number of allylic oxidation sites excluding steroid dienone is 1. The summed E-state index contributed by atoms with van der Waals surface area (Å²) >= 11 is 3.47. The first kappa shape index (κ1) is 15.8. The third kappa shape index (κ3) is 3.22. The maximum absolute atomic E-state index is 8.52. The molecule has 0 saturated heterocycles. The van der Waals surface area contributed by atoms with Gasteiger partial charge < -0.3 is 10.7 Å². The molecule has 0 amide bonds. The van der Waals surface area contributed by atoms with Gasteiger partial charge in [0.15, 0.2) is 0 Å². The van der Waals surface area contributed by atoms with Gasteiger partial charge in [-0.3, -0.25) is 4.98 Å². The zero-order chi connectivity index (χ0) is 16.7. The number of benzene rings is 1. The third-order valence-electron chi connectivity index (χ3n) is 4.89. The van der Waals surface area contributed by atoms with E-state index in [1.807, 2.05) is 24.4 Å². The van der Waals surface area contributed by atoms with Gasteiger partial charge in [0.2, 0.25) is 0 Å². The molecule has 2 N–H and O–H groups in total. The summed E-state index contributed by atoms with van der Waals surface area (Å²) in [7, 11) is 0. The van der Waals surface area contributed by atoms with Crippen molar-refractivity contribution in [3.05, 3.63) is 40.8 Å². The molecule has 0 bridgehead atoms. The molecule has 4 rings (SSSR count). The molecule has 124 valence electrons. The summed E-state index contributed by atoms with van der Waals surface area (Å²) in [6.45, 7) is 2.28. The molecule has 2 aliphatic carbocycles. The molecule has 0 radical (unpaired) electrons. The molecule has 5 heteroatoms. The molecule has 24 heavy (non-hydrogen) atoms. The Hall–Kier alpha value is -1.75. The van der Waals surface area contributed by atoms with Crippen LogP contribution in [0.5, 0.6) is 0 Å². The Bertz CT molecular complexity index is 819. The molecule has 1 aromatic carbocycles. The summed E-state index contributed by atoms with van der Waals surface area (Å²) in [6, 6.07) is 6.45. The van der Waals surface area contributed by atoms with Gasteiger partial charge in [0, 0.05) is 33.9 Å². The van der Waals surface area contributed by atoms with Gasteiger partial charge in [0.25, 0.3) is 0 Å². The molecule has 0 atom stereocenters. The highest BCUT2D eigenvalue weighted by Crippen LogP contribution is 2.35. The summed E-state index contributed by atoms with van der Waals surface area (Å²) < 4.78 is 0.999. The fourth-order valence-corrected chi connectivity index (χ4v) is 3.58. The van der Waals surface area contributed by atoms with E-state index in [1.165, 1.54) is 12.8 Å². The van der Waals surface area contributed by atoms with Crippen LogP contribution in [0.15, 0.2) is 35.1 Å². The van der Waals surface area contributed by atoms with Crippen LogP contribution in [-0.4, -0.2) is 21.7 Å². The number of halogens is 1. The smallest absolute Gasteiger partial charge is 0.0925 e. The monoisotopic (exact) mass is 384 g/mol. The number of rotatable bonds is 5. The first-order chi connectivity index (χ1) is 11.6. The number of aromatic nitrogens is 2. The standard InChI is InChI=1S/C19H21BrN4/c1-11-6-14(7-11)22-9-15(19(21)12-2-3-12)18-10-23-17-8-13(20)4-5-16(17)24-18/h4-5,8-12,14,21-22H,2-3,6-7H2,1H3/b15-9-,21-19?. The van der Waals surface area contributed by atoms with E-state index in [2.05, 4.69) is 33.2 Å². The topological polar surface area (TPSA) is 61.7 Å². The van der Waals surface area contributed by atoms with Crippen LogP contribution in [0.4, 0.5) is 0 Å². The Morgan fingerprint density at radius 2 is 2.08 bits per heavy atom. The minimum atomic E-state index is 0.390. The molecule has 2 saturated carbocycles. The van der Waals surface area contributed by atoms with Gasteiger partial charge in [-0.25, -0.2) is 4.98 Å². The third-order valence-corrected chi connectivity index (χ3v) is 5.39. The summed E-state index contributed by atoms with van der Waals surface area (Å²) in [6.07, 6.45) is 8.44. The molecule has 2 aliphatic rings. The van der Waals surface area contributed by atoms with Gasteiger partial charge in [-0.05, 0) is 49.8 Å². The molecule has 0 spiro atoms. The van der Waals surface area contributed by atoms with Crippen molar-refractivity contribution >= 4 is 38.2 Å². The van der Waals surface area contributed by atoms with Crippen LogP contribution in [0.1, 0.15) is 38.3 Å². The normalized spacial score (nSPS) is 23.8. The van der Waals surface area contributed by atoms with Gasteiger partial charge in [-0.2, -0.15) is 0 Å². The second-order valence-electron chi connectivity index (χ2n) is 7.07. The van der Waals surface area contributed by atoms with Crippen molar-refractivity contribution in [3.63, 3.8) is 0 Å². The van der Waals surface area contributed by atoms with E-state index in [1.54, 1.807) is 6.20 Å². The van der Waals surface area contributed by atoms with Crippen LogP contribution in [0.3, 0.4) is 0 Å². The molecule has 2 aromatic rings. The lowest BCUT2D eigenvalue weighted by molar-refractivity contribution is 0.261. The average Bonchev–Trinajstić information content (AvgIpc) is 3.37. The van der Waals surface area contributed by atoms with E-state index in [9.17, 15) is 0 Å². The van der Waals surface area contributed by atoms with Crippen molar-refractivity contribution in [2.45, 2.75) is 38.6 Å². The van der Waals surface area contributed by atoms with Crippen LogP contribution < -0.4 is 5.32 Å². The lowest BCUT2D eigenvalue weighted by Crippen LogP contribution is -2.37. The summed E-state index contributed by atoms with van der Waals surface area (Å²) in [4.78, 5) is 9.29. The fourth-order valence-electron chi connectivity index (χ4n) is 3.23. The van der Waals surface area contributed by atoms with E-state index in [4.69, 9.17) is 10.4 Å². The Morgan fingerprint density at radius 3 is 2.79 bits per heavy atom. The average molecular weight is 385 g/mol. The van der Waals surface area contributed by atoms with Gasteiger partial charge in [0.1, 0.15) is 0 Å².